The molecule has 1 aliphatic rings. The molecule has 1 amide bonds. The number of nitrogens with two attached hydrogens (primary N) is 1. The summed E-state index contributed by atoms with van der Waals surface area (Å²) in [5.41, 5.74) is 6.30. The van der Waals surface area contributed by atoms with Crippen LogP contribution in [0.5, 0.6) is 11.5 Å². The minimum Gasteiger partial charge on any atom is -0.486 e. The van der Waals surface area contributed by atoms with E-state index in [2.05, 4.69) is 5.32 Å². The molecule has 0 radical (unpaired) electrons. The minimum atomic E-state index is -0.483. The first-order chi connectivity index (χ1) is 8.20. The van der Waals surface area contributed by atoms with Crippen molar-refractivity contribution in [3.63, 3.8) is 0 Å². The first-order valence-corrected chi connectivity index (χ1v) is 5.67. The molecule has 1 aliphatic heterocycles. The van der Waals surface area contributed by atoms with Crippen molar-refractivity contribution in [2.75, 3.05) is 18.5 Å². The topological polar surface area (TPSA) is 73.6 Å². The number of nitrogens with one attached hydrogen (secondary N) is 1. The fraction of sp³-hybridized carbons (Fsp3) is 0.417. The second-order valence-electron chi connectivity index (χ2n) is 3.86. The Morgan fingerprint density at radius 1 is 1.41 bits per heavy atom. The molecule has 1 aromatic rings. The average Bonchev–Trinajstić information content (AvgIpc) is 2.37. The fourth-order valence-corrected chi connectivity index (χ4v) is 1.54. The summed E-state index contributed by atoms with van der Waals surface area (Å²) in [6.07, 6.45) is 0.608. The molecule has 2 rings (SSSR count). The van der Waals surface area contributed by atoms with Crippen molar-refractivity contribution in [1.82, 2.24) is 0 Å². The summed E-state index contributed by atoms with van der Waals surface area (Å²) in [6.45, 7) is 2.95. The summed E-state index contributed by atoms with van der Waals surface area (Å²) < 4.78 is 10.8. The third-order valence-electron chi connectivity index (χ3n) is 2.59. The van der Waals surface area contributed by atoms with E-state index in [9.17, 15) is 4.79 Å². The predicted molar refractivity (Wildman–Crippen MR) is 64.3 cm³/mol. The molecule has 0 aliphatic carbocycles. The Labute approximate surface area is 99.9 Å². The lowest BCUT2D eigenvalue weighted by molar-refractivity contribution is -0.117. The van der Waals surface area contributed by atoms with E-state index in [0.717, 1.165) is 0 Å². The fourth-order valence-electron chi connectivity index (χ4n) is 1.54. The van der Waals surface area contributed by atoms with Crippen LogP contribution in [0.3, 0.4) is 0 Å². The van der Waals surface area contributed by atoms with Crippen molar-refractivity contribution < 1.29 is 14.3 Å². The zero-order chi connectivity index (χ0) is 12.3. The van der Waals surface area contributed by atoms with Gasteiger partial charge in [-0.05, 0) is 18.6 Å². The monoisotopic (exact) mass is 236 g/mol. The number of anilines is 1. The number of hydrogen-bond acceptors (Lipinski definition) is 4. The molecule has 1 heterocycles. The van der Waals surface area contributed by atoms with Crippen LogP contribution in [-0.2, 0) is 4.79 Å². The van der Waals surface area contributed by atoms with Crippen LogP contribution in [0.15, 0.2) is 18.2 Å². The van der Waals surface area contributed by atoms with E-state index < -0.39 is 6.04 Å². The summed E-state index contributed by atoms with van der Waals surface area (Å²) in [5, 5.41) is 2.74. The Balaban J connectivity index is 2.09. The lowest BCUT2D eigenvalue weighted by Crippen LogP contribution is -2.34. The lowest BCUT2D eigenvalue weighted by Gasteiger charge is -2.19. The van der Waals surface area contributed by atoms with Gasteiger partial charge in [-0.15, -0.1) is 0 Å². The van der Waals surface area contributed by atoms with Crippen molar-refractivity contribution in [3.05, 3.63) is 18.2 Å². The SMILES string of the molecule is CC[C@@H](N)C(=O)Nc1ccc2c(c1)OCCO2. The van der Waals surface area contributed by atoms with Crippen LogP contribution in [0, 0.1) is 0 Å². The Kier molecular flexibility index (Phi) is 3.49. The van der Waals surface area contributed by atoms with E-state index in [4.69, 9.17) is 15.2 Å². The molecule has 0 aromatic heterocycles. The van der Waals surface area contributed by atoms with Gasteiger partial charge in [-0.3, -0.25) is 4.79 Å². The molecular formula is C12H16N2O3. The van der Waals surface area contributed by atoms with Crippen molar-refractivity contribution in [2.45, 2.75) is 19.4 Å². The second kappa shape index (κ2) is 5.05. The molecule has 17 heavy (non-hydrogen) atoms. The van der Waals surface area contributed by atoms with Crippen LogP contribution in [-0.4, -0.2) is 25.2 Å². The molecule has 3 N–H and O–H groups in total. The van der Waals surface area contributed by atoms with E-state index in [1.54, 1.807) is 18.2 Å². The number of fused-ring (bicyclic) bond motifs is 1. The standard InChI is InChI=1S/C12H16N2O3/c1-2-9(13)12(15)14-8-3-4-10-11(7-8)17-6-5-16-10/h3-4,7,9H,2,5-6,13H2,1H3,(H,14,15)/t9-/m1/s1. The van der Waals surface area contributed by atoms with Gasteiger partial charge in [0.15, 0.2) is 11.5 Å². The zero-order valence-corrected chi connectivity index (χ0v) is 9.73. The molecule has 1 aromatic carbocycles. The van der Waals surface area contributed by atoms with Crippen molar-refractivity contribution in [2.24, 2.45) is 5.73 Å². The second-order valence-corrected chi connectivity index (χ2v) is 3.86. The van der Waals surface area contributed by atoms with Gasteiger partial charge < -0.3 is 20.5 Å². The first-order valence-electron chi connectivity index (χ1n) is 5.67. The van der Waals surface area contributed by atoms with Crippen molar-refractivity contribution in [1.29, 1.82) is 0 Å². The Morgan fingerprint density at radius 3 is 2.82 bits per heavy atom. The molecule has 5 nitrogen and oxygen atoms in total. The minimum absolute atomic E-state index is 0.191. The van der Waals surface area contributed by atoms with Crippen LogP contribution in [0.1, 0.15) is 13.3 Å². The lowest BCUT2D eigenvalue weighted by atomic mass is 10.2. The van der Waals surface area contributed by atoms with Gasteiger partial charge in [0.1, 0.15) is 13.2 Å². The Morgan fingerprint density at radius 2 is 2.12 bits per heavy atom. The number of amides is 1. The van der Waals surface area contributed by atoms with Crippen LogP contribution in [0.4, 0.5) is 5.69 Å². The summed E-state index contributed by atoms with van der Waals surface area (Å²) in [6, 6.07) is 4.81. The quantitative estimate of drug-likeness (QED) is 0.825. The molecule has 1 atom stereocenters. The third kappa shape index (κ3) is 2.68. The highest BCUT2D eigenvalue weighted by Crippen LogP contribution is 2.32. The highest BCUT2D eigenvalue weighted by Gasteiger charge is 2.14. The van der Waals surface area contributed by atoms with Gasteiger partial charge in [0.2, 0.25) is 5.91 Å². The van der Waals surface area contributed by atoms with Crippen LogP contribution in [0.25, 0.3) is 0 Å². The predicted octanol–water partition coefficient (Wildman–Crippen LogP) is 1.13. The van der Waals surface area contributed by atoms with E-state index in [0.29, 0.717) is 36.8 Å². The Hall–Kier alpha value is -1.75. The number of carbonyl (C=O) groups excluding carboxylic acids is 1. The maximum atomic E-state index is 11.6. The summed E-state index contributed by atoms with van der Waals surface area (Å²) in [4.78, 5) is 11.6. The van der Waals surface area contributed by atoms with E-state index in [1.807, 2.05) is 6.92 Å². The largest absolute Gasteiger partial charge is 0.486 e. The third-order valence-corrected chi connectivity index (χ3v) is 2.59. The number of ether oxygens (including phenoxy) is 2. The maximum absolute atomic E-state index is 11.6. The molecule has 0 saturated heterocycles. The van der Waals surface area contributed by atoms with Gasteiger partial charge in [0, 0.05) is 11.8 Å². The van der Waals surface area contributed by atoms with Gasteiger partial charge >= 0.3 is 0 Å². The molecule has 5 heteroatoms. The van der Waals surface area contributed by atoms with Crippen molar-refractivity contribution >= 4 is 11.6 Å². The number of rotatable bonds is 3. The smallest absolute Gasteiger partial charge is 0.241 e. The number of benzene rings is 1. The van der Waals surface area contributed by atoms with E-state index in [-0.39, 0.29) is 5.91 Å². The van der Waals surface area contributed by atoms with Crippen LogP contribution < -0.4 is 20.5 Å². The van der Waals surface area contributed by atoms with Gasteiger partial charge in [-0.25, -0.2) is 0 Å². The molecule has 0 saturated carbocycles. The molecule has 0 bridgehead atoms. The van der Waals surface area contributed by atoms with Gasteiger partial charge in [-0.2, -0.15) is 0 Å². The highest BCUT2D eigenvalue weighted by atomic mass is 16.6. The van der Waals surface area contributed by atoms with E-state index in [1.165, 1.54) is 0 Å². The Bertz CT molecular complexity index is 420. The molecule has 92 valence electrons. The van der Waals surface area contributed by atoms with Crippen molar-refractivity contribution in [3.8, 4) is 11.5 Å². The summed E-state index contributed by atoms with van der Waals surface area (Å²) in [7, 11) is 0. The molecule has 0 spiro atoms. The molecule has 0 fully saturated rings. The first kappa shape index (κ1) is 11.7. The average molecular weight is 236 g/mol. The van der Waals surface area contributed by atoms with Gasteiger partial charge in [-0.1, -0.05) is 6.92 Å². The van der Waals surface area contributed by atoms with Crippen LogP contribution in [0.2, 0.25) is 0 Å². The molecule has 0 unspecified atom stereocenters. The maximum Gasteiger partial charge on any atom is 0.241 e. The normalized spacial score (nSPS) is 15.2. The van der Waals surface area contributed by atoms with Gasteiger partial charge in [0.25, 0.3) is 0 Å². The highest BCUT2D eigenvalue weighted by molar-refractivity contribution is 5.94. The summed E-state index contributed by atoms with van der Waals surface area (Å²) in [5.74, 6) is 1.16. The summed E-state index contributed by atoms with van der Waals surface area (Å²) >= 11 is 0. The van der Waals surface area contributed by atoms with Crippen LogP contribution >= 0.6 is 0 Å². The number of hydrogen-bond donors (Lipinski definition) is 2. The number of carbonyl (C=O) groups is 1. The van der Waals surface area contributed by atoms with Gasteiger partial charge in [0.05, 0.1) is 6.04 Å². The van der Waals surface area contributed by atoms with E-state index >= 15 is 0 Å². The molecular weight excluding hydrogens is 220 g/mol. The zero-order valence-electron chi connectivity index (χ0n) is 9.73.